The number of thioether (sulfide) groups is 1. The Kier molecular flexibility index (Phi) is 5.21. The molecule has 0 bridgehead atoms. The van der Waals surface area contributed by atoms with Crippen molar-refractivity contribution in [2.45, 2.75) is 38.3 Å². The fourth-order valence-corrected chi connectivity index (χ4v) is 2.16. The van der Waals surface area contributed by atoms with Gasteiger partial charge in [-0.3, -0.25) is 0 Å². The zero-order chi connectivity index (χ0) is 12.0. The standard InChI is InChI=1S/C10H21N5S/c1-10(2,8-11)6-4-5-7-16-9-12-13-14-15(9)3/h4-8,11H2,1-3H3. The van der Waals surface area contributed by atoms with Crippen molar-refractivity contribution in [2.24, 2.45) is 18.2 Å². The largest absolute Gasteiger partial charge is 0.330 e. The predicted molar refractivity (Wildman–Crippen MR) is 66.2 cm³/mol. The number of tetrazole rings is 1. The van der Waals surface area contributed by atoms with Crippen molar-refractivity contribution in [3.63, 3.8) is 0 Å². The fraction of sp³-hybridized carbons (Fsp3) is 0.900. The summed E-state index contributed by atoms with van der Waals surface area (Å²) in [4.78, 5) is 0. The highest BCUT2D eigenvalue weighted by Gasteiger charge is 2.14. The molecular formula is C10H21N5S. The van der Waals surface area contributed by atoms with Crippen molar-refractivity contribution in [3.8, 4) is 0 Å². The zero-order valence-corrected chi connectivity index (χ0v) is 11.1. The molecule has 1 aromatic rings. The first-order valence-corrected chi connectivity index (χ1v) is 6.59. The van der Waals surface area contributed by atoms with Gasteiger partial charge in [-0.15, -0.1) is 5.10 Å². The lowest BCUT2D eigenvalue weighted by atomic mass is 9.88. The van der Waals surface area contributed by atoms with Crippen LogP contribution in [0.15, 0.2) is 5.16 Å². The average Bonchev–Trinajstić information content (AvgIpc) is 2.64. The molecule has 0 radical (unpaired) electrons. The number of aryl methyl sites for hydroxylation is 1. The quantitative estimate of drug-likeness (QED) is 0.580. The Morgan fingerprint density at radius 3 is 2.69 bits per heavy atom. The van der Waals surface area contributed by atoms with Gasteiger partial charge in [0.15, 0.2) is 0 Å². The maximum absolute atomic E-state index is 5.68. The highest BCUT2D eigenvalue weighted by Crippen LogP contribution is 2.23. The van der Waals surface area contributed by atoms with Gasteiger partial charge >= 0.3 is 0 Å². The van der Waals surface area contributed by atoms with Crippen LogP contribution in [0, 0.1) is 5.41 Å². The Balaban J connectivity index is 2.11. The minimum atomic E-state index is 0.275. The smallest absolute Gasteiger partial charge is 0.209 e. The third-order valence-corrected chi connectivity index (χ3v) is 3.71. The van der Waals surface area contributed by atoms with Crippen LogP contribution in [0.1, 0.15) is 33.1 Å². The molecule has 0 fully saturated rings. The molecule has 0 unspecified atom stereocenters. The first kappa shape index (κ1) is 13.4. The highest BCUT2D eigenvalue weighted by molar-refractivity contribution is 7.99. The normalized spacial score (nSPS) is 12.0. The summed E-state index contributed by atoms with van der Waals surface area (Å²) >= 11 is 1.71. The summed E-state index contributed by atoms with van der Waals surface area (Å²) in [5, 5.41) is 12.2. The van der Waals surface area contributed by atoms with Gasteiger partial charge < -0.3 is 5.73 Å². The molecule has 0 aromatic carbocycles. The fourth-order valence-electron chi connectivity index (χ4n) is 1.31. The van der Waals surface area contributed by atoms with Crippen LogP contribution in [0.3, 0.4) is 0 Å². The molecule has 0 aliphatic carbocycles. The number of hydrogen-bond acceptors (Lipinski definition) is 5. The van der Waals surface area contributed by atoms with Gasteiger partial charge in [-0.25, -0.2) is 4.68 Å². The Hall–Kier alpha value is -0.620. The van der Waals surface area contributed by atoms with Crippen molar-refractivity contribution in [1.82, 2.24) is 20.2 Å². The Labute approximate surface area is 101 Å². The minimum absolute atomic E-state index is 0.275. The van der Waals surface area contributed by atoms with Crippen LogP contribution in [0.25, 0.3) is 0 Å². The van der Waals surface area contributed by atoms with E-state index in [1.807, 2.05) is 7.05 Å². The first-order chi connectivity index (χ1) is 7.55. The van der Waals surface area contributed by atoms with E-state index >= 15 is 0 Å². The maximum Gasteiger partial charge on any atom is 0.209 e. The molecule has 0 saturated heterocycles. The Morgan fingerprint density at radius 1 is 1.38 bits per heavy atom. The lowest BCUT2D eigenvalue weighted by molar-refractivity contribution is 0.336. The number of aromatic nitrogens is 4. The van der Waals surface area contributed by atoms with Crippen LogP contribution >= 0.6 is 11.8 Å². The lowest BCUT2D eigenvalue weighted by Crippen LogP contribution is -2.23. The lowest BCUT2D eigenvalue weighted by Gasteiger charge is -2.21. The second-order valence-corrected chi connectivity index (χ2v) is 5.82. The van der Waals surface area contributed by atoms with Crippen LogP contribution < -0.4 is 5.73 Å². The molecular weight excluding hydrogens is 222 g/mol. The second kappa shape index (κ2) is 6.20. The molecule has 5 nitrogen and oxygen atoms in total. The molecule has 0 saturated carbocycles. The Morgan fingerprint density at radius 2 is 2.12 bits per heavy atom. The molecule has 0 aliphatic rings. The first-order valence-electron chi connectivity index (χ1n) is 5.60. The summed E-state index contributed by atoms with van der Waals surface area (Å²) in [5.41, 5.74) is 5.96. The summed E-state index contributed by atoms with van der Waals surface area (Å²) in [7, 11) is 1.86. The predicted octanol–water partition coefficient (Wildman–Crippen LogP) is 1.46. The number of nitrogens with two attached hydrogens (primary N) is 1. The van der Waals surface area contributed by atoms with E-state index in [0.29, 0.717) is 0 Å². The molecule has 0 atom stereocenters. The van der Waals surface area contributed by atoms with Crippen LogP contribution in [0.2, 0.25) is 0 Å². The monoisotopic (exact) mass is 243 g/mol. The molecule has 6 heteroatoms. The van der Waals surface area contributed by atoms with Crippen molar-refractivity contribution in [3.05, 3.63) is 0 Å². The van der Waals surface area contributed by atoms with E-state index in [4.69, 9.17) is 5.73 Å². The summed E-state index contributed by atoms with van der Waals surface area (Å²) in [6.07, 6.45) is 3.57. The molecule has 16 heavy (non-hydrogen) atoms. The topological polar surface area (TPSA) is 69.6 Å². The molecule has 1 heterocycles. The summed E-state index contributed by atoms with van der Waals surface area (Å²) in [6.45, 7) is 5.19. The van der Waals surface area contributed by atoms with Crippen molar-refractivity contribution in [1.29, 1.82) is 0 Å². The van der Waals surface area contributed by atoms with E-state index in [1.165, 1.54) is 19.3 Å². The Bertz CT molecular complexity index is 310. The average molecular weight is 243 g/mol. The maximum atomic E-state index is 5.68. The molecule has 92 valence electrons. The number of hydrogen-bond donors (Lipinski definition) is 1. The summed E-state index contributed by atoms with van der Waals surface area (Å²) in [5.74, 6) is 1.06. The number of rotatable bonds is 7. The molecule has 1 rings (SSSR count). The van der Waals surface area contributed by atoms with Crippen LogP contribution in [0.5, 0.6) is 0 Å². The molecule has 0 spiro atoms. The van der Waals surface area contributed by atoms with Gasteiger partial charge in [-0.2, -0.15) is 0 Å². The summed E-state index contributed by atoms with van der Waals surface area (Å²) < 4.78 is 1.70. The second-order valence-electron chi connectivity index (χ2n) is 4.76. The van der Waals surface area contributed by atoms with Gasteiger partial charge in [0.05, 0.1) is 0 Å². The number of nitrogens with zero attached hydrogens (tertiary/aromatic N) is 4. The SMILES string of the molecule is Cn1nnnc1SCCCCC(C)(C)CN. The third-order valence-electron chi connectivity index (χ3n) is 2.61. The zero-order valence-electron chi connectivity index (χ0n) is 10.3. The van der Waals surface area contributed by atoms with Crippen LogP contribution in [-0.4, -0.2) is 32.5 Å². The van der Waals surface area contributed by atoms with Gasteiger partial charge in [0, 0.05) is 12.8 Å². The molecule has 2 N–H and O–H groups in total. The minimum Gasteiger partial charge on any atom is -0.330 e. The molecule has 0 aliphatic heterocycles. The van der Waals surface area contributed by atoms with E-state index in [0.717, 1.165) is 17.5 Å². The third kappa shape index (κ3) is 4.49. The van der Waals surface area contributed by atoms with Gasteiger partial charge in [0.2, 0.25) is 5.16 Å². The van der Waals surface area contributed by atoms with Crippen LogP contribution in [0.4, 0.5) is 0 Å². The summed E-state index contributed by atoms with van der Waals surface area (Å²) in [6, 6.07) is 0. The van der Waals surface area contributed by atoms with Gasteiger partial charge in [0.25, 0.3) is 0 Å². The van der Waals surface area contributed by atoms with Crippen molar-refractivity contribution >= 4 is 11.8 Å². The van der Waals surface area contributed by atoms with E-state index in [9.17, 15) is 0 Å². The molecule has 1 aromatic heterocycles. The van der Waals surface area contributed by atoms with E-state index < -0.39 is 0 Å². The van der Waals surface area contributed by atoms with E-state index in [1.54, 1.807) is 16.4 Å². The van der Waals surface area contributed by atoms with Gasteiger partial charge in [0.1, 0.15) is 0 Å². The van der Waals surface area contributed by atoms with E-state index in [-0.39, 0.29) is 5.41 Å². The van der Waals surface area contributed by atoms with Crippen molar-refractivity contribution < 1.29 is 0 Å². The number of unbranched alkanes of at least 4 members (excludes halogenated alkanes) is 1. The van der Waals surface area contributed by atoms with Crippen molar-refractivity contribution in [2.75, 3.05) is 12.3 Å². The van der Waals surface area contributed by atoms with Gasteiger partial charge in [-0.1, -0.05) is 32.0 Å². The van der Waals surface area contributed by atoms with Crippen LogP contribution in [-0.2, 0) is 7.05 Å². The highest BCUT2D eigenvalue weighted by atomic mass is 32.2. The van der Waals surface area contributed by atoms with E-state index in [2.05, 4.69) is 29.4 Å². The van der Waals surface area contributed by atoms with Gasteiger partial charge in [-0.05, 0) is 35.2 Å². The molecule has 0 amide bonds.